The number of ether oxygens (including phenoxy) is 1. The number of aromatic nitrogens is 10. The maximum absolute atomic E-state index is 15.8. The molecule has 9 heterocycles. The Labute approximate surface area is 370 Å². The molecule has 5 atom stereocenters. The highest BCUT2D eigenvalue weighted by atomic mass is 19.1. The molecule has 4 aliphatic rings. The van der Waals surface area contributed by atoms with Crippen LogP contribution in [0.15, 0.2) is 87.6 Å². The molecule has 6 aromatic heterocycles. The Morgan fingerprint density at radius 3 is 2.40 bits per heavy atom. The maximum atomic E-state index is 15.8. The molecule has 1 amide bonds. The quantitative estimate of drug-likeness (QED) is 0.177. The van der Waals surface area contributed by atoms with E-state index in [4.69, 9.17) is 19.3 Å². The van der Waals surface area contributed by atoms with E-state index < -0.39 is 17.3 Å². The molecule has 330 valence electrons. The van der Waals surface area contributed by atoms with E-state index in [1.54, 1.807) is 64.6 Å². The van der Waals surface area contributed by atoms with E-state index in [0.717, 1.165) is 52.2 Å². The summed E-state index contributed by atoms with van der Waals surface area (Å²) in [6.07, 6.45) is 12.8. The largest absolute Gasteiger partial charge is 0.438 e. The fourth-order valence-electron chi connectivity index (χ4n) is 11.3. The van der Waals surface area contributed by atoms with Crippen LogP contribution in [0.4, 0.5) is 4.39 Å². The highest BCUT2D eigenvalue weighted by molar-refractivity contribution is 5.99. The number of carbonyl (C=O) groups excluding carboxylic acids is 1. The summed E-state index contributed by atoms with van der Waals surface area (Å²) < 4.78 is 33.1. The smallest absolute Gasteiger partial charge is 0.376 e. The number of aryl methyl sites for hydroxylation is 2. The molecule has 2 saturated heterocycles. The lowest BCUT2D eigenvalue weighted by Crippen LogP contribution is -2.43. The number of pyridine rings is 1. The monoisotopic (exact) mass is 875 g/mol. The lowest BCUT2D eigenvalue weighted by Gasteiger charge is -2.35. The van der Waals surface area contributed by atoms with Crippen LogP contribution < -0.4 is 11.4 Å². The number of nitrogens with zero attached hydrogens (tertiary/aromatic N) is 10. The first-order valence-corrected chi connectivity index (χ1v) is 22.2. The summed E-state index contributed by atoms with van der Waals surface area (Å²) in [6, 6.07) is 12.5. The average molecular weight is 876 g/mol. The van der Waals surface area contributed by atoms with Gasteiger partial charge in [0.15, 0.2) is 5.82 Å². The number of carbonyl (C=O) groups is 1. The minimum Gasteiger partial charge on any atom is -0.376 e. The zero-order valence-electron chi connectivity index (χ0n) is 36.6. The topological polar surface area (TPSA) is 177 Å². The number of benzene rings is 2. The van der Waals surface area contributed by atoms with Crippen molar-refractivity contribution in [1.82, 2.24) is 53.7 Å². The highest BCUT2D eigenvalue weighted by Gasteiger charge is 2.60. The van der Waals surface area contributed by atoms with E-state index in [1.165, 1.54) is 0 Å². The molecular formula is C48H46FN11O5. The minimum atomic E-state index is -0.881. The maximum Gasteiger partial charge on any atom is 0.438 e. The van der Waals surface area contributed by atoms with Gasteiger partial charge >= 0.3 is 11.4 Å². The second-order valence-corrected chi connectivity index (χ2v) is 19.1. The number of H-pyrrole nitrogens is 1. The Kier molecular flexibility index (Phi) is 8.52. The van der Waals surface area contributed by atoms with Crippen molar-refractivity contribution in [3.8, 4) is 17.2 Å². The van der Waals surface area contributed by atoms with Gasteiger partial charge in [0, 0.05) is 59.4 Å². The number of amides is 1. The lowest BCUT2D eigenvalue weighted by molar-refractivity contribution is -0.0593. The number of aromatic amines is 1. The van der Waals surface area contributed by atoms with Gasteiger partial charge in [-0.3, -0.25) is 23.4 Å². The number of fused-ring (bicyclic) bond motifs is 6. The molecule has 3 aliphatic heterocycles. The fourth-order valence-corrected chi connectivity index (χ4v) is 11.3. The van der Waals surface area contributed by atoms with Crippen molar-refractivity contribution in [2.75, 3.05) is 6.61 Å². The lowest BCUT2D eigenvalue weighted by atomic mass is 9.84. The van der Waals surface area contributed by atoms with Crippen molar-refractivity contribution in [2.45, 2.75) is 102 Å². The van der Waals surface area contributed by atoms with Gasteiger partial charge in [-0.1, -0.05) is 18.1 Å². The van der Waals surface area contributed by atoms with Gasteiger partial charge in [-0.2, -0.15) is 15.3 Å². The number of rotatable bonds is 7. The third-order valence-corrected chi connectivity index (χ3v) is 14.5. The van der Waals surface area contributed by atoms with Gasteiger partial charge in [0.2, 0.25) is 0 Å². The van der Waals surface area contributed by atoms with E-state index in [1.807, 2.05) is 39.9 Å². The fraction of sp³-hybridized carbons (Fsp3) is 0.375. The van der Waals surface area contributed by atoms with Crippen LogP contribution in [0.3, 0.4) is 0 Å². The van der Waals surface area contributed by atoms with Crippen molar-refractivity contribution in [1.29, 1.82) is 0 Å². The summed E-state index contributed by atoms with van der Waals surface area (Å²) in [7, 11) is 0. The van der Waals surface area contributed by atoms with Crippen LogP contribution in [0.5, 0.6) is 0 Å². The molecule has 2 aromatic carbocycles. The normalized spacial score (nSPS) is 23.4. The number of imidazole rings is 1. The molecule has 0 unspecified atom stereocenters. The Morgan fingerprint density at radius 1 is 0.892 bits per heavy atom. The van der Waals surface area contributed by atoms with Crippen molar-refractivity contribution in [3.63, 3.8) is 0 Å². The summed E-state index contributed by atoms with van der Waals surface area (Å²) in [6.45, 7) is 10.4. The predicted molar refractivity (Wildman–Crippen MR) is 236 cm³/mol. The molecule has 3 fully saturated rings. The summed E-state index contributed by atoms with van der Waals surface area (Å²) in [5, 5.41) is 19.9. The van der Waals surface area contributed by atoms with Gasteiger partial charge < -0.3 is 14.2 Å². The van der Waals surface area contributed by atoms with Gasteiger partial charge in [-0.25, -0.2) is 23.6 Å². The average Bonchev–Trinajstić information content (AvgIpc) is 3.89. The first-order valence-electron chi connectivity index (χ1n) is 22.2. The molecule has 0 spiro atoms. The van der Waals surface area contributed by atoms with E-state index in [-0.39, 0.29) is 40.9 Å². The standard InChI is InChI=1S/C48H46FN11O5/c1-25-14-35(15-26(2)40(25)49)60-42(57-12-11-56(46(57)63)33-7-6-29-23-51-52-24-32(29)17-33)39-36(54-60)19-34-8-9-37(39)58(34)43(61)38-18-30-16-31(28-10-13-64-47(4,5)21-28)22-50-41(30)59(38)48(20-27(48)3)44-53-45(62)65-55-44/h6-7,11-12,14-18,22-24,27-28,34,37H,8-10,13,19-21H2,1-5H3,(H,53,55,62)/t27-,28-,34+,37-,48-/m0/s1. The molecule has 2 bridgehead atoms. The molecule has 0 radical (unpaired) electrons. The van der Waals surface area contributed by atoms with Crippen LogP contribution in [0.2, 0.25) is 0 Å². The molecule has 8 aromatic rings. The molecule has 1 aliphatic carbocycles. The second kappa shape index (κ2) is 14.0. The summed E-state index contributed by atoms with van der Waals surface area (Å²) >= 11 is 0. The van der Waals surface area contributed by atoms with Crippen LogP contribution in [-0.4, -0.2) is 77.9 Å². The zero-order chi connectivity index (χ0) is 44.7. The number of hydrogen-bond donors (Lipinski definition) is 1. The van der Waals surface area contributed by atoms with Gasteiger partial charge in [-0.05, 0) is 125 Å². The van der Waals surface area contributed by atoms with Gasteiger partial charge in [-0.15, -0.1) is 0 Å². The third-order valence-electron chi connectivity index (χ3n) is 14.5. The van der Waals surface area contributed by atoms with Crippen LogP contribution in [-0.2, 0) is 16.7 Å². The Morgan fingerprint density at radius 2 is 1.66 bits per heavy atom. The SMILES string of the molecule is Cc1cc(-n2nc3c(c2-n2ccn(-c4ccc5cnncc5c4)c2=O)[C@@H]2CC[C@H](C3)N2C(=O)c2cc3cc([C@H]4CCOC(C)(C)C4)cnc3n2[C@@]2(c3noc(=O)[nH]3)C[C@@H]2C)cc(C)c1F. The first-order chi connectivity index (χ1) is 31.3. The summed E-state index contributed by atoms with van der Waals surface area (Å²) in [5.74, 6) is -0.118. The second-order valence-electron chi connectivity index (χ2n) is 19.1. The summed E-state index contributed by atoms with van der Waals surface area (Å²) in [4.78, 5) is 52.9. The number of nitrogens with one attached hydrogen (secondary N) is 1. The zero-order valence-corrected chi connectivity index (χ0v) is 36.6. The molecular weight excluding hydrogens is 830 g/mol. The predicted octanol–water partition coefficient (Wildman–Crippen LogP) is 6.90. The van der Waals surface area contributed by atoms with Crippen LogP contribution in [0.25, 0.3) is 39.0 Å². The summed E-state index contributed by atoms with van der Waals surface area (Å²) in [5.41, 5.74) is 4.31. The highest BCUT2D eigenvalue weighted by Crippen LogP contribution is 2.56. The number of halogens is 1. The molecule has 17 heteroatoms. The van der Waals surface area contributed by atoms with Gasteiger partial charge in [0.25, 0.3) is 5.91 Å². The Hall–Kier alpha value is -7.01. The van der Waals surface area contributed by atoms with Crippen molar-refractivity contribution in [3.05, 3.63) is 140 Å². The van der Waals surface area contributed by atoms with E-state index in [9.17, 15) is 9.59 Å². The Bertz CT molecular complexity index is 3390. The molecule has 1 saturated carbocycles. The van der Waals surface area contributed by atoms with Crippen LogP contribution in [0, 0.1) is 25.6 Å². The molecule has 16 nitrogen and oxygen atoms in total. The number of hydrogen-bond acceptors (Lipinski definition) is 10. The Balaban J connectivity index is 1.02. The molecule has 1 N–H and O–H groups in total. The minimum absolute atomic E-state index is 0.00764. The van der Waals surface area contributed by atoms with Crippen molar-refractivity contribution >= 4 is 27.7 Å². The van der Waals surface area contributed by atoms with Crippen LogP contribution in [0.1, 0.15) is 109 Å². The van der Waals surface area contributed by atoms with E-state index in [0.29, 0.717) is 71.4 Å². The molecule has 12 rings (SSSR count). The van der Waals surface area contributed by atoms with Crippen LogP contribution >= 0.6 is 0 Å². The molecule has 65 heavy (non-hydrogen) atoms. The van der Waals surface area contributed by atoms with Gasteiger partial charge in [0.05, 0.1) is 41.1 Å². The van der Waals surface area contributed by atoms with Crippen molar-refractivity contribution in [2.24, 2.45) is 5.92 Å². The third kappa shape index (κ3) is 5.96. The first kappa shape index (κ1) is 39.6. The van der Waals surface area contributed by atoms with Crippen molar-refractivity contribution < 1.29 is 18.4 Å². The van der Waals surface area contributed by atoms with E-state index >= 15 is 9.18 Å². The van der Waals surface area contributed by atoms with Gasteiger partial charge in [0.1, 0.15) is 28.5 Å². The van der Waals surface area contributed by atoms with E-state index in [2.05, 4.69) is 47.2 Å².